The molecule has 4 unspecified atom stereocenters. The van der Waals surface area contributed by atoms with Gasteiger partial charge < -0.3 is 36.3 Å². The number of hydrogen-bond acceptors (Lipinski definition) is 10. The number of hydrogen-bond donors (Lipinski definition) is 5. The summed E-state index contributed by atoms with van der Waals surface area (Å²) in [5.41, 5.74) is 11.1. The summed E-state index contributed by atoms with van der Waals surface area (Å²) in [6.07, 6.45) is -0.155. The summed E-state index contributed by atoms with van der Waals surface area (Å²) < 4.78 is 9.79. The molecule has 0 aromatic carbocycles. The third kappa shape index (κ3) is 5.19. The number of likely N-dealkylation sites (tertiary alicyclic amines) is 1. The lowest BCUT2D eigenvalue weighted by Gasteiger charge is -2.26. The Morgan fingerprint density at radius 2 is 2.07 bits per heavy atom. The van der Waals surface area contributed by atoms with Gasteiger partial charge in [0, 0.05) is 6.54 Å². The van der Waals surface area contributed by atoms with E-state index in [0.717, 1.165) is 0 Å². The molecule has 0 aromatic rings. The maximum atomic E-state index is 12.0. The first kappa shape index (κ1) is 22.1. The number of β-amino-alcohol motifs (C(OH)–C–C–N with tert-alkyl or cyclic N) is 1. The zero-order chi connectivity index (χ0) is 20.8. The van der Waals surface area contributed by atoms with Crippen LogP contribution in [0.2, 0.25) is 0 Å². The van der Waals surface area contributed by atoms with Gasteiger partial charge in [-0.15, -0.1) is 0 Å². The number of carboxylic acid groups (broad SMARTS) is 1. The first-order valence-corrected chi connectivity index (χ1v) is 9.22. The smallest absolute Gasteiger partial charge is 0.378 e. The van der Waals surface area contributed by atoms with E-state index in [1.165, 1.54) is 4.90 Å². The molecule has 1 fully saturated rings. The van der Waals surface area contributed by atoms with Crippen molar-refractivity contribution < 1.29 is 39.2 Å². The highest BCUT2D eigenvalue weighted by molar-refractivity contribution is 5.93. The molecule has 0 radical (unpaired) electrons. The van der Waals surface area contributed by atoms with E-state index in [1.54, 1.807) is 0 Å². The standard InChI is InChI=1S/C17H27N3O8/c18-6-2-1-4-9(19)16(25)28-14-12(22)13(27-17(14)26)11(21)8-20-7-3-5-10(20)15(23)24/h9-11,13,21-22H,1-8,18-19H2,(H,23,24). The summed E-state index contributed by atoms with van der Waals surface area (Å²) in [7, 11) is 0. The Morgan fingerprint density at radius 3 is 2.71 bits per heavy atom. The topological polar surface area (TPSA) is 186 Å². The van der Waals surface area contributed by atoms with Gasteiger partial charge in [-0.2, -0.15) is 0 Å². The Balaban J connectivity index is 1.98. The van der Waals surface area contributed by atoms with Crippen molar-refractivity contribution in [1.82, 2.24) is 4.90 Å². The molecule has 2 heterocycles. The number of carbonyl (C=O) groups is 3. The minimum absolute atomic E-state index is 0.126. The quantitative estimate of drug-likeness (QED) is 0.214. The van der Waals surface area contributed by atoms with Crippen molar-refractivity contribution in [3.63, 3.8) is 0 Å². The highest BCUT2D eigenvalue weighted by atomic mass is 16.6. The van der Waals surface area contributed by atoms with Crippen LogP contribution in [-0.2, 0) is 23.9 Å². The van der Waals surface area contributed by atoms with Gasteiger partial charge in [-0.3, -0.25) is 9.69 Å². The van der Waals surface area contributed by atoms with Gasteiger partial charge in [-0.1, -0.05) is 6.42 Å². The van der Waals surface area contributed by atoms with Crippen LogP contribution in [0.25, 0.3) is 0 Å². The number of ether oxygens (including phenoxy) is 2. The van der Waals surface area contributed by atoms with Crippen LogP contribution >= 0.6 is 0 Å². The van der Waals surface area contributed by atoms with Crippen molar-refractivity contribution in [3.05, 3.63) is 11.5 Å². The first-order valence-electron chi connectivity index (χ1n) is 9.22. The predicted molar refractivity (Wildman–Crippen MR) is 94.7 cm³/mol. The van der Waals surface area contributed by atoms with Crippen LogP contribution in [0.3, 0.4) is 0 Å². The van der Waals surface area contributed by atoms with Crippen molar-refractivity contribution >= 4 is 17.9 Å². The molecule has 1 saturated heterocycles. The van der Waals surface area contributed by atoms with Gasteiger partial charge in [-0.25, -0.2) is 9.59 Å². The number of nitrogens with zero attached hydrogens (tertiary/aromatic N) is 1. The lowest BCUT2D eigenvalue weighted by molar-refractivity contribution is -0.154. The number of aliphatic hydroxyl groups excluding tert-OH is 2. The molecule has 0 amide bonds. The SMILES string of the molecule is NCCCCC(N)C(=O)OC1=C(O)C(C(O)CN2CCCC2C(=O)O)OC1=O. The molecule has 0 bridgehead atoms. The Kier molecular flexibility index (Phi) is 7.75. The van der Waals surface area contributed by atoms with E-state index in [1.807, 2.05) is 0 Å². The van der Waals surface area contributed by atoms with Gasteiger partial charge in [-0.05, 0) is 38.8 Å². The fourth-order valence-corrected chi connectivity index (χ4v) is 3.28. The van der Waals surface area contributed by atoms with Crippen molar-refractivity contribution in [2.45, 2.75) is 56.4 Å². The van der Waals surface area contributed by atoms with E-state index in [4.69, 9.17) is 20.9 Å². The maximum absolute atomic E-state index is 12.0. The minimum atomic E-state index is -1.45. The third-order valence-electron chi connectivity index (χ3n) is 4.82. The van der Waals surface area contributed by atoms with E-state index in [9.17, 15) is 29.7 Å². The molecule has 2 aliphatic rings. The second-order valence-corrected chi connectivity index (χ2v) is 6.91. The number of rotatable bonds is 10. The zero-order valence-electron chi connectivity index (χ0n) is 15.5. The number of esters is 2. The van der Waals surface area contributed by atoms with Gasteiger partial charge in [0.25, 0.3) is 5.76 Å². The Hall–Kier alpha value is -2.21. The van der Waals surface area contributed by atoms with Gasteiger partial charge in [0.2, 0.25) is 0 Å². The second kappa shape index (κ2) is 9.82. The molecule has 7 N–H and O–H groups in total. The summed E-state index contributed by atoms with van der Waals surface area (Å²) in [5, 5.41) is 29.7. The highest BCUT2D eigenvalue weighted by Gasteiger charge is 2.43. The minimum Gasteiger partial charge on any atom is -0.505 e. The summed E-state index contributed by atoms with van der Waals surface area (Å²) in [6.45, 7) is 0.789. The molecule has 11 nitrogen and oxygen atoms in total. The molecule has 2 rings (SSSR count). The molecular weight excluding hydrogens is 374 g/mol. The lowest BCUT2D eigenvalue weighted by atomic mass is 10.1. The average molecular weight is 401 g/mol. The van der Waals surface area contributed by atoms with Crippen molar-refractivity contribution in [3.8, 4) is 0 Å². The largest absolute Gasteiger partial charge is 0.505 e. The summed E-state index contributed by atoms with van der Waals surface area (Å²) in [4.78, 5) is 36.7. The van der Waals surface area contributed by atoms with Crippen molar-refractivity contribution in [2.24, 2.45) is 11.5 Å². The Labute approximate surface area is 161 Å². The van der Waals surface area contributed by atoms with Crippen LogP contribution in [0, 0.1) is 0 Å². The molecular formula is C17H27N3O8. The predicted octanol–water partition coefficient (Wildman–Crippen LogP) is -1.41. The molecule has 0 saturated carbocycles. The number of carboxylic acids is 1. The third-order valence-corrected chi connectivity index (χ3v) is 4.82. The van der Waals surface area contributed by atoms with Crippen LogP contribution in [0.15, 0.2) is 11.5 Å². The van der Waals surface area contributed by atoms with E-state index in [-0.39, 0.29) is 6.54 Å². The van der Waals surface area contributed by atoms with E-state index >= 15 is 0 Å². The molecule has 0 spiro atoms. The molecule has 28 heavy (non-hydrogen) atoms. The maximum Gasteiger partial charge on any atom is 0.378 e. The number of nitrogens with two attached hydrogens (primary N) is 2. The number of aliphatic carboxylic acids is 1. The van der Waals surface area contributed by atoms with Crippen LogP contribution in [-0.4, -0.2) is 82.1 Å². The van der Waals surface area contributed by atoms with E-state index < -0.39 is 53.7 Å². The van der Waals surface area contributed by atoms with E-state index in [0.29, 0.717) is 45.2 Å². The molecule has 2 aliphatic heterocycles. The number of carbonyl (C=O) groups excluding carboxylic acids is 2. The number of unbranched alkanes of at least 4 members (excludes halogenated alkanes) is 1. The van der Waals surface area contributed by atoms with Gasteiger partial charge >= 0.3 is 17.9 Å². The molecule has 0 aliphatic carbocycles. The van der Waals surface area contributed by atoms with Gasteiger partial charge in [0.05, 0.1) is 0 Å². The number of aliphatic hydroxyl groups is 2. The highest BCUT2D eigenvalue weighted by Crippen LogP contribution is 2.27. The van der Waals surface area contributed by atoms with Crippen molar-refractivity contribution in [1.29, 1.82) is 0 Å². The second-order valence-electron chi connectivity index (χ2n) is 6.91. The molecule has 4 atom stereocenters. The van der Waals surface area contributed by atoms with Crippen LogP contribution in [0.5, 0.6) is 0 Å². The summed E-state index contributed by atoms with van der Waals surface area (Å²) in [6, 6.07) is -1.74. The van der Waals surface area contributed by atoms with Crippen LogP contribution in [0.4, 0.5) is 0 Å². The van der Waals surface area contributed by atoms with Gasteiger partial charge in [0.1, 0.15) is 18.2 Å². The first-order chi connectivity index (χ1) is 13.3. The van der Waals surface area contributed by atoms with Crippen LogP contribution in [0.1, 0.15) is 32.1 Å². The fraction of sp³-hybridized carbons (Fsp3) is 0.706. The molecule has 11 heteroatoms. The Morgan fingerprint density at radius 1 is 1.36 bits per heavy atom. The average Bonchev–Trinajstić information content (AvgIpc) is 3.21. The Bertz CT molecular complexity index is 638. The molecule has 158 valence electrons. The summed E-state index contributed by atoms with van der Waals surface area (Å²) >= 11 is 0. The van der Waals surface area contributed by atoms with E-state index in [2.05, 4.69) is 0 Å². The monoisotopic (exact) mass is 401 g/mol. The zero-order valence-corrected chi connectivity index (χ0v) is 15.5. The normalized spacial score (nSPS) is 24.9. The van der Waals surface area contributed by atoms with Gasteiger partial charge in [0.15, 0.2) is 11.9 Å². The lowest BCUT2D eigenvalue weighted by Crippen LogP contribution is -2.44. The fourth-order valence-electron chi connectivity index (χ4n) is 3.28. The summed E-state index contributed by atoms with van der Waals surface area (Å²) in [5.74, 6) is -4.44. The molecule has 0 aromatic heterocycles. The number of cyclic esters (lactones) is 1. The van der Waals surface area contributed by atoms with Crippen molar-refractivity contribution in [2.75, 3.05) is 19.6 Å². The van der Waals surface area contributed by atoms with Crippen LogP contribution < -0.4 is 11.5 Å².